The molecule has 0 aromatic carbocycles. The molecule has 3 nitrogen and oxygen atoms in total. The molecule has 0 spiro atoms. The summed E-state index contributed by atoms with van der Waals surface area (Å²) in [5.74, 6) is 2.20. The fourth-order valence-corrected chi connectivity index (χ4v) is 2.17. The summed E-state index contributed by atoms with van der Waals surface area (Å²) >= 11 is 1.73. The Morgan fingerprint density at radius 2 is 2.31 bits per heavy atom. The van der Waals surface area contributed by atoms with Crippen molar-refractivity contribution >= 4 is 11.8 Å². The number of pyridine rings is 1. The topological polar surface area (TPSA) is 42.4 Å². The SMILES string of the molecule is COc1cncc(C2(O)CSC2)c1. The maximum atomic E-state index is 9.98. The van der Waals surface area contributed by atoms with Crippen LogP contribution in [-0.4, -0.2) is 28.7 Å². The van der Waals surface area contributed by atoms with Crippen LogP contribution in [0.15, 0.2) is 18.5 Å². The first-order valence-corrected chi connectivity index (χ1v) is 5.20. The van der Waals surface area contributed by atoms with E-state index in [0.717, 1.165) is 17.1 Å². The van der Waals surface area contributed by atoms with Gasteiger partial charge in [-0.05, 0) is 6.07 Å². The van der Waals surface area contributed by atoms with Crippen LogP contribution in [0.25, 0.3) is 0 Å². The van der Waals surface area contributed by atoms with Crippen LogP contribution in [0.2, 0.25) is 0 Å². The third kappa shape index (κ3) is 1.51. The molecule has 0 atom stereocenters. The van der Waals surface area contributed by atoms with Crippen molar-refractivity contribution in [1.82, 2.24) is 4.98 Å². The molecule has 1 saturated heterocycles. The van der Waals surface area contributed by atoms with Gasteiger partial charge in [-0.15, -0.1) is 0 Å². The van der Waals surface area contributed by atoms with Gasteiger partial charge in [0.15, 0.2) is 0 Å². The van der Waals surface area contributed by atoms with Gasteiger partial charge in [-0.25, -0.2) is 0 Å². The van der Waals surface area contributed by atoms with Gasteiger partial charge in [-0.3, -0.25) is 4.98 Å². The second-order valence-corrected chi connectivity index (χ2v) is 4.12. The summed E-state index contributed by atoms with van der Waals surface area (Å²) in [5, 5.41) is 9.98. The minimum absolute atomic E-state index is 0.674. The number of hydrogen-bond donors (Lipinski definition) is 1. The van der Waals surface area contributed by atoms with Crippen LogP contribution in [0.5, 0.6) is 5.75 Å². The van der Waals surface area contributed by atoms with E-state index >= 15 is 0 Å². The molecule has 0 aliphatic carbocycles. The van der Waals surface area contributed by atoms with E-state index in [1.54, 1.807) is 31.3 Å². The van der Waals surface area contributed by atoms with E-state index in [1.165, 1.54) is 0 Å². The first kappa shape index (κ1) is 8.84. The highest BCUT2D eigenvalue weighted by Gasteiger charge is 2.37. The van der Waals surface area contributed by atoms with Gasteiger partial charge >= 0.3 is 0 Å². The lowest BCUT2D eigenvalue weighted by molar-refractivity contribution is 0.0762. The molecule has 0 saturated carbocycles. The van der Waals surface area contributed by atoms with Crippen molar-refractivity contribution < 1.29 is 9.84 Å². The molecular formula is C9H11NO2S. The molecule has 2 heterocycles. The number of aliphatic hydroxyl groups is 1. The fourth-order valence-electron chi connectivity index (χ4n) is 1.25. The van der Waals surface area contributed by atoms with Gasteiger partial charge in [0.1, 0.15) is 11.4 Å². The summed E-state index contributed by atoms with van der Waals surface area (Å²) in [6.45, 7) is 0. The lowest BCUT2D eigenvalue weighted by atomic mass is 9.99. The number of hydrogen-bond acceptors (Lipinski definition) is 4. The van der Waals surface area contributed by atoms with E-state index in [2.05, 4.69) is 4.98 Å². The molecule has 0 unspecified atom stereocenters. The Labute approximate surface area is 81.1 Å². The average molecular weight is 197 g/mol. The predicted octanol–water partition coefficient (Wildman–Crippen LogP) is 1.02. The Kier molecular flexibility index (Phi) is 2.17. The molecule has 1 aliphatic heterocycles. The molecule has 0 amide bonds. The molecule has 0 bridgehead atoms. The maximum absolute atomic E-state index is 9.98. The molecule has 1 aromatic rings. The molecule has 1 aromatic heterocycles. The van der Waals surface area contributed by atoms with Crippen molar-refractivity contribution in [1.29, 1.82) is 0 Å². The van der Waals surface area contributed by atoms with Crippen LogP contribution in [0, 0.1) is 0 Å². The van der Waals surface area contributed by atoms with Crippen molar-refractivity contribution in [3.63, 3.8) is 0 Å². The molecule has 0 radical (unpaired) electrons. The summed E-state index contributed by atoms with van der Waals surface area (Å²) in [6, 6.07) is 1.84. The molecule has 13 heavy (non-hydrogen) atoms. The van der Waals surface area contributed by atoms with Crippen LogP contribution in [-0.2, 0) is 5.60 Å². The molecule has 1 aliphatic rings. The minimum atomic E-state index is -0.674. The second kappa shape index (κ2) is 3.20. The lowest BCUT2D eigenvalue weighted by Gasteiger charge is -2.36. The largest absolute Gasteiger partial charge is 0.495 e. The fraction of sp³-hybridized carbons (Fsp3) is 0.444. The molecule has 1 N–H and O–H groups in total. The highest BCUT2D eigenvalue weighted by atomic mass is 32.2. The van der Waals surface area contributed by atoms with Gasteiger partial charge in [-0.1, -0.05) is 0 Å². The van der Waals surface area contributed by atoms with E-state index in [9.17, 15) is 5.11 Å². The molecule has 4 heteroatoms. The summed E-state index contributed by atoms with van der Waals surface area (Å²) in [6.07, 6.45) is 3.33. The van der Waals surface area contributed by atoms with Gasteiger partial charge in [0.2, 0.25) is 0 Å². The summed E-state index contributed by atoms with van der Waals surface area (Å²) in [5.41, 5.74) is 0.178. The molecule has 1 fully saturated rings. The zero-order valence-electron chi connectivity index (χ0n) is 7.36. The first-order valence-electron chi connectivity index (χ1n) is 4.04. The standard InChI is InChI=1S/C9H11NO2S/c1-12-8-2-7(3-10-4-8)9(11)5-13-6-9/h2-4,11H,5-6H2,1H3. The van der Waals surface area contributed by atoms with Crippen molar-refractivity contribution in [2.45, 2.75) is 5.60 Å². The number of rotatable bonds is 2. The van der Waals surface area contributed by atoms with Crippen molar-refractivity contribution in [2.24, 2.45) is 0 Å². The number of thioether (sulfide) groups is 1. The lowest BCUT2D eigenvalue weighted by Crippen LogP contribution is -2.39. The first-order chi connectivity index (χ1) is 6.24. The highest BCUT2D eigenvalue weighted by molar-refractivity contribution is 8.00. The Morgan fingerprint density at radius 3 is 2.85 bits per heavy atom. The Balaban J connectivity index is 2.29. The van der Waals surface area contributed by atoms with Crippen LogP contribution in [0.1, 0.15) is 5.56 Å². The highest BCUT2D eigenvalue weighted by Crippen LogP contribution is 2.38. The number of nitrogens with zero attached hydrogens (tertiary/aromatic N) is 1. The summed E-state index contributed by atoms with van der Waals surface area (Å²) in [4.78, 5) is 4.01. The van der Waals surface area contributed by atoms with Crippen LogP contribution in [0.4, 0.5) is 0 Å². The third-order valence-electron chi connectivity index (χ3n) is 2.17. The molecular weight excluding hydrogens is 186 g/mol. The van der Waals surface area contributed by atoms with Gasteiger partial charge in [0.25, 0.3) is 0 Å². The summed E-state index contributed by atoms with van der Waals surface area (Å²) in [7, 11) is 1.60. The van der Waals surface area contributed by atoms with E-state index in [0.29, 0.717) is 5.75 Å². The van der Waals surface area contributed by atoms with E-state index < -0.39 is 5.60 Å². The second-order valence-electron chi connectivity index (χ2n) is 3.14. The molecule has 2 rings (SSSR count). The van der Waals surface area contributed by atoms with Gasteiger partial charge in [-0.2, -0.15) is 11.8 Å². The summed E-state index contributed by atoms with van der Waals surface area (Å²) < 4.78 is 5.04. The van der Waals surface area contributed by atoms with Gasteiger partial charge in [0.05, 0.1) is 13.3 Å². The van der Waals surface area contributed by atoms with Crippen molar-refractivity contribution in [3.05, 3.63) is 24.0 Å². The normalized spacial score (nSPS) is 19.2. The zero-order valence-corrected chi connectivity index (χ0v) is 8.17. The van der Waals surface area contributed by atoms with Crippen molar-refractivity contribution in [3.8, 4) is 5.75 Å². The number of aromatic nitrogens is 1. The van der Waals surface area contributed by atoms with Crippen LogP contribution < -0.4 is 4.74 Å². The van der Waals surface area contributed by atoms with Crippen molar-refractivity contribution in [2.75, 3.05) is 18.6 Å². The quantitative estimate of drug-likeness (QED) is 0.768. The average Bonchev–Trinajstić information content (AvgIpc) is 2.14. The van der Waals surface area contributed by atoms with E-state index in [-0.39, 0.29) is 0 Å². The van der Waals surface area contributed by atoms with E-state index in [1.807, 2.05) is 6.07 Å². The minimum Gasteiger partial charge on any atom is -0.495 e. The number of ether oxygens (including phenoxy) is 1. The molecule has 70 valence electrons. The smallest absolute Gasteiger partial charge is 0.137 e. The Bertz CT molecular complexity index is 312. The third-order valence-corrected chi connectivity index (χ3v) is 3.53. The number of methoxy groups -OCH3 is 1. The predicted molar refractivity (Wildman–Crippen MR) is 52.0 cm³/mol. The monoisotopic (exact) mass is 197 g/mol. The van der Waals surface area contributed by atoms with Crippen LogP contribution in [0.3, 0.4) is 0 Å². The zero-order chi connectivity index (χ0) is 9.31. The van der Waals surface area contributed by atoms with E-state index in [4.69, 9.17) is 4.74 Å². The Hall–Kier alpha value is -0.740. The maximum Gasteiger partial charge on any atom is 0.137 e. The van der Waals surface area contributed by atoms with Gasteiger partial charge in [0, 0.05) is 23.3 Å². The van der Waals surface area contributed by atoms with Gasteiger partial charge < -0.3 is 9.84 Å². The van der Waals surface area contributed by atoms with Crippen LogP contribution >= 0.6 is 11.8 Å². The Morgan fingerprint density at radius 1 is 1.54 bits per heavy atom.